The van der Waals surface area contributed by atoms with E-state index in [-0.39, 0.29) is 5.91 Å². The molecule has 0 saturated heterocycles. The van der Waals surface area contributed by atoms with Gasteiger partial charge in [-0.25, -0.2) is 0 Å². The Hall–Kier alpha value is -2.37. The fourth-order valence-electron chi connectivity index (χ4n) is 1.95. The Bertz CT molecular complexity index is 591. The zero-order chi connectivity index (χ0) is 14.0. The van der Waals surface area contributed by atoms with Crippen LogP contribution in [-0.2, 0) is 13.5 Å². The number of hydrogen-bond acceptors (Lipinski definition) is 4. The first-order valence-corrected chi connectivity index (χ1v) is 6.05. The van der Waals surface area contributed by atoms with Crippen molar-refractivity contribution in [1.29, 1.82) is 0 Å². The highest BCUT2D eigenvalue weighted by Gasteiger charge is 2.22. The Labute approximate surface area is 111 Å². The molecule has 0 fully saturated rings. The van der Waals surface area contributed by atoms with Crippen LogP contribution in [0.4, 0.5) is 11.4 Å². The second kappa shape index (κ2) is 5.09. The Kier molecular flexibility index (Phi) is 3.50. The van der Waals surface area contributed by atoms with E-state index in [1.54, 1.807) is 38.6 Å². The molecule has 0 aliphatic heterocycles. The summed E-state index contributed by atoms with van der Waals surface area (Å²) in [5.74, 6) is -0.182. The fraction of sp³-hybridized carbons (Fsp3) is 0.308. The van der Waals surface area contributed by atoms with Crippen LogP contribution in [0, 0.1) is 0 Å². The van der Waals surface area contributed by atoms with Gasteiger partial charge in [0.2, 0.25) is 0 Å². The van der Waals surface area contributed by atoms with Gasteiger partial charge < -0.3 is 10.6 Å². The van der Waals surface area contributed by atoms with E-state index in [1.807, 2.05) is 6.92 Å². The number of aryl methyl sites for hydroxylation is 2. The summed E-state index contributed by atoms with van der Waals surface area (Å²) in [6.45, 7) is 1.96. The highest BCUT2D eigenvalue weighted by Crippen LogP contribution is 2.21. The predicted molar refractivity (Wildman–Crippen MR) is 74.0 cm³/mol. The van der Waals surface area contributed by atoms with Crippen molar-refractivity contribution in [3.8, 4) is 0 Å². The third-order valence-electron chi connectivity index (χ3n) is 3.05. The molecule has 0 bridgehead atoms. The van der Waals surface area contributed by atoms with E-state index in [4.69, 9.17) is 5.73 Å². The van der Waals surface area contributed by atoms with E-state index < -0.39 is 0 Å². The number of nitrogens with two attached hydrogens (primary N) is 1. The molecule has 0 unspecified atom stereocenters. The first-order chi connectivity index (χ1) is 9.06. The first-order valence-electron chi connectivity index (χ1n) is 6.05. The molecule has 0 spiro atoms. The molecule has 0 aliphatic rings. The second-order valence-electron chi connectivity index (χ2n) is 4.26. The van der Waals surface area contributed by atoms with Gasteiger partial charge >= 0.3 is 0 Å². The number of anilines is 2. The summed E-state index contributed by atoms with van der Waals surface area (Å²) in [5.41, 5.74) is 8.36. The van der Waals surface area contributed by atoms with Crippen LogP contribution in [0.1, 0.15) is 23.1 Å². The SMILES string of the molecule is CCc1nn(C)c(C(=O)N(C)c2ccncc2)c1N. The molecule has 0 saturated carbocycles. The smallest absolute Gasteiger partial charge is 0.278 e. The van der Waals surface area contributed by atoms with E-state index >= 15 is 0 Å². The van der Waals surface area contributed by atoms with Gasteiger partial charge in [0.05, 0.1) is 11.4 Å². The van der Waals surface area contributed by atoms with Crippen LogP contribution in [0.3, 0.4) is 0 Å². The predicted octanol–water partition coefficient (Wildman–Crippen LogP) is 1.24. The lowest BCUT2D eigenvalue weighted by atomic mass is 10.2. The van der Waals surface area contributed by atoms with Crippen molar-refractivity contribution in [2.24, 2.45) is 7.05 Å². The number of rotatable bonds is 3. The molecule has 0 atom stereocenters. The minimum absolute atomic E-state index is 0.182. The molecule has 2 heterocycles. The second-order valence-corrected chi connectivity index (χ2v) is 4.26. The molecule has 2 aromatic rings. The van der Waals surface area contributed by atoms with E-state index in [0.29, 0.717) is 17.8 Å². The summed E-state index contributed by atoms with van der Waals surface area (Å²) in [5, 5.41) is 4.26. The van der Waals surface area contributed by atoms with Crippen molar-refractivity contribution < 1.29 is 4.79 Å². The summed E-state index contributed by atoms with van der Waals surface area (Å²) >= 11 is 0. The van der Waals surface area contributed by atoms with Crippen molar-refractivity contribution in [2.75, 3.05) is 17.7 Å². The average Bonchev–Trinajstić information content (AvgIpc) is 2.72. The van der Waals surface area contributed by atoms with Crippen molar-refractivity contribution in [1.82, 2.24) is 14.8 Å². The topological polar surface area (TPSA) is 77.0 Å². The molecular formula is C13H17N5O. The summed E-state index contributed by atoms with van der Waals surface area (Å²) in [6, 6.07) is 3.54. The summed E-state index contributed by atoms with van der Waals surface area (Å²) < 4.78 is 1.54. The van der Waals surface area contributed by atoms with Crippen LogP contribution in [-0.4, -0.2) is 27.7 Å². The van der Waals surface area contributed by atoms with Crippen LogP contribution in [0.5, 0.6) is 0 Å². The van der Waals surface area contributed by atoms with Crippen LogP contribution < -0.4 is 10.6 Å². The molecule has 2 aromatic heterocycles. The minimum Gasteiger partial charge on any atom is -0.395 e. The number of hydrogen-bond donors (Lipinski definition) is 1. The fourth-order valence-corrected chi connectivity index (χ4v) is 1.95. The van der Waals surface area contributed by atoms with Gasteiger partial charge in [-0.1, -0.05) is 6.92 Å². The standard InChI is InChI=1S/C13H17N5O/c1-4-10-11(14)12(18(3)16-10)13(19)17(2)9-5-7-15-8-6-9/h5-8H,4,14H2,1-3H3. The number of aromatic nitrogens is 3. The third kappa shape index (κ3) is 2.29. The molecule has 6 nitrogen and oxygen atoms in total. The first kappa shape index (κ1) is 13.1. The van der Waals surface area contributed by atoms with E-state index in [2.05, 4.69) is 10.1 Å². The van der Waals surface area contributed by atoms with Gasteiger partial charge in [0, 0.05) is 32.2 Å². The van der Waals surface area contributed by atoms with Gasteiger partial charge in [-0.15, -0.1) is 0 Å². The van der Waals surface area contributed by atoms with Crippen LogP contribution in [0.25, 0.3) is 0 Å². The summed E-state index contributed by atoms with van der Waals surface area (Å²) in [4.78, 5) is 17.9. The molecule has 2 rings (SSSR count). The number of nitrogen functional groups attached to an aromatic ring is 1. The highest BCUT2D eigenvalue weighted by atomic mass is 16.2. The van der Waals surface area contributed by atoms with Crippen molar-refractivity contribution in [2.45, 2.75) is 13.3 Å². The van der Waals surface area contributed by atoms with Gasteiger partial charge in [-0.05, 0) is 18.6 Å². The van der Waals surface area contributed by atoms with Crippen LogP contribution in [0.2, 0.25) is 0 Å². The lowest BCUT2D eigenvalue weighted by molar-refractivity contribution is 0.0985. The normalized spacial score (nSPS) is 10.5. The average molecular weight is 259 g/mol. The monoisotopic (exact) mass is 259 g/mol. The van der Waals surface area contributed by atoms with Crippen molar-refractivity contribution >= 4 is 17.3 Å². The lowest BCUT2D eigenvalue weighted by Crippen LogP contribution is -2.28. The van der Waals surface area contributed by atoms with E-state index in [9.17, 15) is 4.79 Å². The molecule has 0 radical (unpaired) electrons. The van der Waals surface area contributed by atoms with Gasteiger partial charge in [-0.3, -0.25) is 14.5 Å². The molecule has 6 heteroatoms. The molecule has 2 N–H and O–H groups in total. The van der Waals surface area contributed by atoms with E-state index in [1.165, 1.54) is 9.58 Å². The molecule has 1 amide bonds. The molecule has 0 aliphatic carbocycles. The molecule has 19 heavy (non-hydrogen) atoms. The number of pyridine rings is 1. The van der Waals surface area contributed by atoms with Gasteiger partial charge in [0.1, 0.15) is 5.69 Å². The van der Waals surface area contributed by atoms with Crippen LogP contribution in [0.15, 0.2) is 24.5 Å². The molecular weight excluding hydrogens is 242 g/mol. The Balaban J connectivity index is 2.37. The van der Waals surface area contributed by atoms with E-state index in [0.717, 1.165) is 11.4 Å². The molecule has 0 aromatic carbocycles. The zero-order valence-corrected chi connectivity index (χ0v) is 11.3. The number of amides is 1. The third-order valence-corrected chi connectivity index (χ3v) is 3.05. The lowest BCUT2D eigenvalue weighted by Gasteiger charge is -2.17. The number of carbonyl (C=O) groups excluding carboxylic acids is 1. The maximum atomic E-state index is 12.5. The van der Waals surface area contributed by atoms with Crippen LogP contribution >= 0.6 is 0 Å². The Morgan fingerprint density at radius 2 is 2.05 bits per heavy atom. The Morgan fingerprint density at radius 1 is 1.42 bits per heavy atom. The largest absolute Gasteiger partial charge is 0.395 e. The summed E-state index contributed by atoms with van der Waals surface area (Å²) in [6.07, 6.45) is 3.98. The van der Waals surface area contributed by atoms with Gasteiger partial charge in [0.25, 0.3) is 5.91 Å². The van der Waals surface area contributed by atoms with Crippen molar-refractivity contribution in [3.63, 3.8) is 0 Å². The zero-order valence-electron chi connectivity index (χ0n) is 11.3. The van der Waals surface area contributed by atoms with Gasteiger partial charge in [-0.2, -0.15) is 5.10 Å². The Morgan fingerprint density at radius 3 is 2.58 bits per heavy atom. The molecule has 100 valence electrons. The number of nitrogens with zero attached hydrogens (tertiary/aromatic N) is 4. The number of carbonyl (C=O) groups is 1. The summed E-state index contributed by atoms with van der Waals surface area (Å²) in [7, 11) is 3.43. The highest BCUT2D eigenvalue weighted by molar-refractivity contribution is 6.08. The van der Waals surface area contributed by atoms with Gasteiger partial charge in [0.15, 0.2) is 0 Å². The quantitative estimate of drug-likeness (QED) is 0.899. The van der Waals surface area contributed by atoms with Crippen molar-refractivity contribution in [3.05, 3.63) is 35.9 Å². The maximum absolute atomic E-state index is 12.5. The maximum Gasteiger partial charge on any atom is 0.278 e. The minimum atomic E-state index is -0.182.